The number of benzene rings is 2. The van der Waals surface area contributed by atoms with Crippen LogP contribution in [0.3, 0.4) is 0 Å². The molecule has 0 fully saturated rings. The molecule has 1 heterocycles. The van der Waals surface area contributed by atoms with Crippen molar-refractivity contribution < 1.29 is 14.3 Å². The fourth-order valence-corrected chi connectivity index (χ4v) is 3.47. The molecule has 1 aliphatic rings. The van der Waals surface area contributed by atoms with Gasteiger partial charge in [0.05, 0.1) is 26.2 Å². The molecule has 0 aliphatic carbocycles. The Bertz CT molecular complexity index is 773. The van der Waals surface area contributed by atoms with Crippen LogP contribution in [-0.2, 0) is 17.6 Å². The summed E-state index contributed by atoms with van der Waals surface area (Å²) in [5.41, 5.74) is 5.13. The van der Waals surface area contributed by atoms with E-state index in [1.54, 1.807) is 19.1 Å². The van der Waals surface area contributed by atoms with E-state index in [0.29, 0.717) is 6.42 Å². The van der Waals surface area contributed by atoms with Gasteiger partial charge >= 0.3 is 0 Å². The SMILES string of the molecule is CCCCc1cc(OC)c(-c2cccc3c2CC(=O)N3C)c(OC)c1. The van der Waals surface area contributed by atoms with Gasteiger partial charge in [-0.1, -0.05) is 25.5 Å². The lowest BCUT2D eigenvalue weighted by atomic mass is 9.94. The zero-order valence-corrected chi connectivity index (χ0v) is 15.4. The van der Waals surface area contributed by atoms with Gasteiger partial charge in [0.15, 0.2) is 0 Å². The first-order valence-corrected chi connectivity index (χ1v) is 8.74. The molecule has 1 aliphatic heterocycles. The Morgan fingerprint density at radius 3 is 2.40 bits per heavy atom. The molecule has 1 amide bonds. The van der Waals surface area contributed by atoms with Gasteiger partial charge in [-0.25, -0.2) is 0 Å². The summed E-state index contributed by atoms with van der Waals surface area (Å²) in [6.45, 7) is 2.18. The van der Waals surface area contributed by atoms with Crippen LogP contribution in [-0.4, -0.2) is 27.2 Å². The van der Waals surface area contributed by atoms with Crippen LogP contribution in [0.15, 0.2) is 30.3 Å². The lowest BCUT2D eigenvalue weighted by Gasteiger charge is -2.18. The number of methoxy groups -OCH3 is 2. The van der Waals surface area contributed by atoms with E-state index < -0.39 is 0 Å². The summed E-state index contributed by atoms with van der Waals surface area (Å²) in [7, 11) is 5.19. The molecule has 4 heteroatoms. The highest BCUT2D eigenvalue weighted by Crippen LogP contribution is 2.45. The van der Waals surface area contributed by atoms with Crippen molar-refractivity contribution in [2.24, 2.45) is 0 Å². The third kappa shape index (κ3) is 3.09. The first-order chi connectivity index (χ1) is 12.1. The van der Waals surface area contributed by atoms with Crippen LogP contribution >= 0.6 is 0 Å². The number of carbonyl (C=O) groups excluding carboxylic acids is 1. The normalized spacial score (nSPS) is 13.1. The van der Waals surface area contributed by atoms with E-state index in [-0.39, 0.29) is 5.91 Å². The Balaban J connectivity index is 2.17. The second-order valence-corrected chi connectivity index (χ2v) is 6.41. The lowest BCUT2D eigenvalue weighted by molar-refractivity contribution is -0.117. The molecule has 0 N–H and O–H groups in total. The van der Waals surface area contributed by atoms with E-state index in [0.717, 1.165) is 53.1 Å². The van der Waals surface area contributed by atoms with Crippen molar-refractivity contribution >= 4 is 11.6 Å². The van der Waals surface area contributed by atoms with Crippen LogP contribution < -0.4 is 14.4 Å². The molecular formula is C21H25NO3. The highest BCUT2D eigenvalue weighted by atomic mass is 16.5. The van der Waals surface area contributed by atoms with Crippen molar-refractivity contribution in [2.75, 3.05) is 26.2 Å². The number of aryl methyl sites for hydroxylation is 1. The number of unbranched alkanes of at least 4 members (excludes halogenated alkanes) is 1. The van der Waals surface area contributed by atoms with Crippen LogP contribution in [0.4, 0.5) is 5.69 Å². The molecule has 0 aromatic heterocycles. The minimum Gasteiger partial charge on any atom is -0.496 e. The van der Waals surface area contributed by atoms with Gasteiger partial charge in [0.25, 0.3) is 0 Å². The van der Waals surface area contributed by atoms with Crippen LogP contribution in [0.1, 0.15) is 30.9 Å². The highest BCUT2D eigenvalue weighted by Gasteiger charge is 2.28. The first-order valence-electron chi connectivity index (χ1n) is 8.74. The van der Waals surface area contributed by atoms with Crippen LogP contribution in [0.25, 0.3) is 11.1 Å². The maximum atomic E-state index is 12.2. The van der Waals surface area contributed by atoms with Crippen molar-refractivity contribution in [1.82, 2.24) is 0 Å². The fraction of sp³-hybridized carbons (Fsp3) is 0.381. The molecule has 2 aromatic rings. The number of anilines is 1. The summed E-state index contributed by atoms with van der Waals surface area (Å²) in [5.74, 6) is 1.70. The molecule has 0 spiro atoms. The zero-order valence-electron chi connectivity index (χ0n) is 15.4. The second-order valence-electron chi connectivity index (χ2n) is 6.41. The van der Waals surface area contributed by atoms with E-state index in [4.69, 9.17) is 9.47 Å². The van der Waals surface area contributed by atoms with Gasteiger partial charge in [-0.3, -0.25) is 4.79 Å². The number of fused-ring (bicyclic) bond motifs is 1. The molecule has 3 rings (SSSR count). The Morgan fingerprint density at radius 2 is 1.80 bits per heavy atom. The zero-order chi connectivity index (χ0) is 18.0. The topological polar surface area (TPSA) is 38.8 Å². The average molecular weight is 339 g/mol. The number of amides is 1. The average Bonchev–Trinajstić information content (AvgIpc) is 2.93. The molecule has 0 bridgehead atoms. The Labute approximate surface area is 149 Å². The highest BCUT2D eigenvalue weighted by molar-refractivity contribution is 6.04. The molecule has 0 radical (unpaired) electrons. The first kappa shape index (κ1) is 17.3. The van der Waals surface area contributed by atoms with Crippen LogP contribution in [0, 0.1) is 0 Å². The van der Waals surface area contributed by atoms with Gasteiger partial charge in [0, 0.05) is 12.7 Å². The Hall–Kier alpha value is -2.49. The Kier molecular flexibility index (Phi) is 4.98. The molecule has 4 nitrogen and oxygen atoms in total. The van der Waals surface area contributed by atoms with E-state index in [9.17, 15) is 4.79 Å². The summed E-state index contributed by atoms with van der Waals surface area (Å²) >= 11 is 0. The third-order valence-electron chi connectivity index (χ3n) is 4.87. The molecule has 25 heavy (non-hydrogen) atoms. The summed E-state index contributed by atoms with van der Waals surface area (Å²) in [4.78, 5) is 13.9. The monoisotopic (exact) mass is 339 g/mol. The third-order valence-corrected chi connectivity index (χ3v) is 4.87. The number of rotatable bonds is 6. The number of hydrogen-bond acceptors (Lipinski definition) is 3. The van der Waals surface area contributed by atoms with Crippen molar-refractivity contribution in [3.8, 4) is 22.6 Å². The van der Waals surface area contributed by atoms with Gasteiger partial charge in [0.2, 0.25) is 5.91 Å². The predicted molar refractivity (Wildman–Crippen MR) is 101 cm³/mol. The number of likely N-dealkylation sites (N-methyl/N-ethyl adjacent to an activating group) is 1. The Morgan fingerprint density at radius 1 is 1.12 bits per heavy atom. The summed E-state index contributed by atoms with van der Waals surface area (Å²) < 4.78 is 11.4. The molecule has 0 unspecified atom stereocenters. The minimum atomic E-state index is 0.111. The predicted octanol–water partition coefficient (Wildman–Crippen LogP) is 4.23. The van der Waals surface area contributed by atoms with E-state index in [1.165, 1.54) is 5.56 Å². The minimum absolute atomic E-state index is 0.111. The molecular weight excluding hydrogens is 314 g/mol. The van der Waals surface area contributed by atoms with Gasteiger partial charge < -0.3 is 14.4 Å². The van der Waals surface area contributed by atoms with E-state index >= 15 is 0 Å². The van der Waals surface area contributed by atoms with Crippen LogP contribution in [0.2, 0.25) is 0 Å². The van der Waals surface area contributed by atoms with Gasteiger partial charge in [-0.15, -0.1) is 0 Å². The van der Waals surface area contributed by atoms with E-state index in [1.807, 2.05) is 25.2 Å². The summed E-state index contributed by atoms with van der Waals surface area (Å²) in [5, 5.41) is 0. The van der Waals surface area contributed by atoms with Crippen molar-refractivity contribution in [3.05, 3.63) is 41.5 Å². The van der Waals surface area contributed by atoms with Crippen LogP contribution in [0.5, 0.6) is 11.5 Å². The second kappa shape index (κ2) is 7.18. The quantitative estimate of drug-likeness (QED) is 0.790. The molecule has 2 aromatic carbocycles. The molecule has 0 saturated heterocycles. The maximum Gasteiger partial charge on any atom is 0.231 e. The fourth-order valence-electron chi connectivity index (χ4n) is 3.47. The smallest absolute Gasteiger partial charge is 0.231 e. The van der Waals surface area contributed by atoms with Gasteiger partial charge in [-0.2, -0.15) is 0 Å². The molecule has 0 atom stereocenters. The molecule has 132 valence electrons. The lowest BCUT2D eigenvalue weighted by Crippen LogP contribution is -2.20. The maximum absolute atomic E-state index is 12.2. The number of ether oxygens (including phenoxy) is 2. The van der Waals surface area contributed by atoms with Gasteiger partial charge in [0.1, 0.15) is 11.5 Å². The largest absolute Gasteiger partial charge is 0.496 e. The molecule has 0 saturated carbocycles. The van der Waals surface area contributed by atoms with Crippen molar-refractivity contribution in [2.45, 2.75) is 32.6 Å². The standard InChI is InChI=1S/C21H25NO3/c1-5-6-8-14-11-18(24-3)21(19(12-14)25-4)15-9-7-10-17-16(15)13-20(23)22(17)2/h7,9-12H,5-6,8,13H2,1-4H3. The van der Waals surface area contributed by atoms with Crippen molar-refractivity contribution in [3.63, 3.8) is 0 Å². The van der Waals surface area contributed by atoms with E-state index in [2.05, 4.69) is 19.1 Å². The summed E-state index contributed by atoms with van der Waals surface area (Å²) in [6.07, 6.45) is 3.68. The van der Waals surface area contributed by atoms with Gasteiger partial charge in [-0.05, 0) is 47.7 Å². The van der Waals surface area contributed by atoms with Crippen molar-refractivity contribution in [1.29, 1.82) is 0 Å². The summed E-state index contributed by atoms with van der Waals surface area (Å²) in [6, 6.07) is 10.2. The number of hydrogen-bond donors (Lipinski definition) is 0. The number of nitrogens with zero attached hydrogens (tertiary/aromatic N) is 1. The number of carbonyl (C=O) groups is 1.